The van der Waals surface area contributed by atoms with Crippen LogP contribution in [0.3, 0.4) is 0 Å². The summed E-state index contributed by atoms with van der Waals surface area (Å²) < 4.78 is 0.448. The lowest BCUT2D eigenvalue weighted by Gasteiger charge is -2.04. The van der Waals surface area contributed by atoms with Crippen LogP contribution in [-0.2, 0) is 6.42 Å². The molecule has 4 nitrogen and oxygen atoms in total. The van der Waals surface area contributed by atoms with E-state index in [2.05, 4.69) is 15.9 Å². The molecule has 0 heterocycles. The van der Waals surface area contributed by atoms with Crippen molar-refractivity contribution in [3.05, 3.63) is 37.3 Å². The summed E-state index contributed by atoms with van der Waals surface area (Å²) in [6, 6.07) is 3.05. The molecule has 0 saturated heterocycles. The van der Waals surface area contributed by atoms with Gasteiger partial charge in [-0.05, 0) is 28.1 Å². The number of benzene rings is 1. The number of aromatic hydroxyl groups is 1. The SMILES string of the molecule is O=[N+]([O-])CCc1cc(Cl)cc(Br)c1O. The Hall–Kier alpha value is -0.810. The van der Waals surface area contributed by atoms with Gasteiger partial charge in [0.05, 0.1) is 4.47 Å². The minimum Gasteiger partial charge on any atom is -0.506 e. The number of phenols is 1. The van der Waals surface area contributed by atoms with E-state index in [-0.39, 0.29) is 18.7 Å². The van der Waals surface area contributed by atoms with E-state index in [9.17, 15) is 15.2 Å². The van der Waals surface area contributed by atoms with Crippen LogP contribution < -0.4 is 0 Å². The minimum absolute atomic E-state index is 0.0104. The fourth-order valence-electron chi connectivity index (χ4n) is 1.02. The van der Waals surface area contributed by atoms with Crippen molar-refractivity contribution in [3.63, 3.8) is 0 Å². The molecule has 14 heavy (non-hydrogen) atoms. The fourth-order valence-corrected chi connectivity index (χ4v) is 1.90. The van der Waals surface area contributed by atoms with Gasteiger partial charge in [-0.25, -0.2) is 0 Å². The highest BCUT2D eigenvalue weighted by Gasteiger charge is 2.09. The number of halogens is 2. The molecule has 0 aliphatic carbocycles. The molecule has 1 N–H and O–H groups in total. The maximum Gasteiger partial charge on any atom is 0.208 e. The van der Waals surface area contributed by atoms with Gasteiger partial charge in [-0.2, -0.15) is 0 Å². The second-order valence-corrected chi connectivity index (χ2v) is 3.99. The van der Waals surface area contributed by atoms with Crippen LogP contribution in [0.15, 0.2) is 16.6 Å². The molecule has 0 fully saturated rings. The van der Waals surface area contributed by atoms with Gasteiger partial charge in [0.2, 0.25) is 6.54 Å². The second-order valence-electron chi connectivity index (χ2n) is 2.70. The Morgan fingerprint density at radius 3 is 2.79 bits per heavy atom. The fraction of sp³-hybridized carbons (Fsp3) is 0.250. The summed E-state index contributed by atoms with van der Waals surface area (Å²) in [5.41, 5.74) is 0.473. The third-order valence-corrected chi connectivity index (χ3v) is 2.49. The standard InChI is InChI=1S/C8H7BrClNO3/c9-7-4-6(10)3-5(8(7)12)1-2-11(13)14/h3-4,12H,1-2H2. The molecule has 0 radical (unpaired) electrons. The van der Waals surface area contributed by atoms with E-state index in [1.54, 1.807) is 0 Å². The van der Waals surface area contributed by atoms with Crippen molar-refractivity contribution in [3.8, 4) is 5.75 Å². The largest absolute Gasteiger partial charge is 0.506 e. The molecule has 0 aliphatic rings. The van der Waals surface area contributed by atoms with Crippen LogP contribution in [-0.4, -0.2) is 16.6 Å². The molecular weight excluding hydrogens is 273 g/mol. The van der Waals surface area contributed by atoms with Gasteiger partial charge >= 0.3 is 0 Å². The summed E-state index contributed by atoms with van der Waals surface area (Å²) in [7, 11) is 0. The molecule has 0 spiro atoms. The predicted molar refractivity (Wildman–Crippen MR) is 56.4 cm³/mol. The molecule has 76 valence electrons. The molecular formula is C8H7BrClNO3. The molecule has 6 heteroatoms. The lowest BCUT2D eigenvalue weighted by atomic mass is 10.1. The van der Waals surface area contributed by atoms with Crippen LogP contribution in [0.4, 0.5) is 0 Å². The third kappa shape index (κ3) is 2.85. The molecule has 1 aromatic rings. The number of nitrogens with zero attached hydrogens (tertiary/aromatic N) is 1. The average Bonchev–Trinajstić information content (AvgIpc) is 2.08. The first-order valence-electron chi connectivity index (χ1n) is 3.79. The second kappa shape index (κ2) is 4.61. The first-order valence-corrected chi connectivity index (χ1v) is 4.96. The third-order valence-electron chi connectivity index (χ3n) is 1.67. The topological polar surface area (TPSA) is 63.4 Å². The summed E-state index contributed by atoms with van der Waals surface area (Å²) >= 11 is 8.83. The molecule has 1 aromatic carbocycles. The number of hydrogen-bond acceptors (Lipinski definition) is 3. The lowest BCUT2D eigenvalue weighted by Crippen LogP contribution is -2.04. The summed E-state index contributed by atoms with van der Waals surface area (Å²) in [5, 5.41) is 20.1. The zero-order valence-corrected chi connectivity index (χ0v) is 9.38. The Bertz CT molecular complexity index is 370. The van der Waals surface area contributed by atoms with Crippen molar-refractivity contribution in [2.24, 2.45) is 0 Å². The van der Waals surface area contributed by atoms with E-state index in [1.165, 1.54) is 12.1 Å². The first-order chi connectivity index (χ1) is 6.50. The lowest BCUT2D eigenvalue weighted by molar-refractivity contribution is -0.479. The Balaban J connectivity index is 2.90. The number of rotatable bonds is 3. The van der Waals surface area contributed by atoms with Gasteiger partial charge in [-0.3, -0.25) is 10.1 Å². The van der Waals surface area contributed by atoms with E-state index in [0.29, 0.717) is 15.1 Å². The molecule has 0 amide bonds. The van der Waals surface area contributed by atoms with Crippen LogP contribution in [0.5, 0.6) is 5.75 Å². The van der Waals surface area contributed by atoms with Crippen molar-refractivity contribution in [1.82, 2.24) is 0 Å². The highest BCUT2D eigenvalue weighted by Crippen LogP contribution is 2.31. The molecule has 0 saturated carbocycles. The zero-order chi connectivity index (χ0) is 10.7. The number of nitro groups is 1. The molecule has 0 bridgehead atoms. The number of hydrogen-bond donors (Lipinski definition) is 1. The van der Waals surface area contributed by atoms with E-state index in [0.717, 1.165) is 0 Å². The van der Waals surface area contributed by atoms with Crippen LogP contribution in [0, 0.1) is 10.1 Å². The summed E-state index contributed by atoms with van der Waals surface area (Å²) in [5.74, 6) is 0.0104. The van der Waals surface area contributed by atoms with E-state index >= 15 is 0 Å². The van der Waals surface area contributed by atoms with Crippen LogP contribution in [0.2, 0.25) is 5.02 Å². The van der Waals surface area contributed by atoms with Crippen molar-refractivity contribution >= 4 is 27.5 Å². The van der Waals surface area contributed by atoms with Gasteiger partial charge in [0.25, 0.3) is 0 Å². The van der Waals surface area contributed by atoms with Crippen molar-refractivity contribution < 1.29 is 10.0 Å². The Kier molecular flexibility index (Phi) is 3.71. The molecule has 0 aromatic heterocycles. The molecule has 0 unspecified atom stereocenters. The molecule has 1 rings (SSSR count). The summed E-state index contributed by atoms with van der Waals surface area (Å²) in [6.07, 6.45) is 0.165. The van der Waals surface area contributed by atoms with Crippen LogP contribution in [0.1, 0.15) is 5.56 Å². The zero-order valence-electron chi connectivity index (χ0n) is 7.04. The van der Waals surface area contributed by atoms with E-state index in [4.69, 9.17) is 11.6 Å². The maximum atomic E-state index is 10.1. The Labute approximate surface area is 93.8 Å². The van der Waals surface area contributed by atoms with Crippen molar-refractivity contribution in [1.29, 1.82) is 0 Å². The van der Waals surface area contributed by atoms with Crippen molar-refractivity contribution in [2.45, 2.75) is 6.42 Å². The predicted octanol–water partition coefficient (Wildman–Crippen LogP) is 2.63. The molecule has 0 aliphatic heterocycles. The maximum absolute atomic E-state index is 10.1. The van der Waals surface area contributed by atoms with Gasteiger partial charge in [-0.15, -0.1) is 0 Å². The van der Waals surface area contributed by atoms with Gasteiger partial charge in [0.1, 0.15) is 5.75 Å². The van der Waals surface area contributed by atoms with Gasteiger partial charge in [0, 0.05) is 21.9 Å². The van der Waals surface area contributed by atoms with Crippen molar-refractivity contribution in [2.75, 3.05) is 6.54 Å². The number of phenolic OH excluding ortho intramolecular Hbond substituents is 1. The first kappa shape index (κ1) is 11.3. The Morgan fingerprint density at radius 1 is 1.57 bits per heavy atom. The van der Waals surface area contributed by atoms with Gasteiger partial charge < -0.3 is 5.11 Å². The van der Waals surface area contributed by atoms with Crippen LogP contribution >= 0.6 is 27.5 Å². The highest BCUT2D eigenvalue weighted by molar-refractivity contribution is 9.10. The van der Waals surface area contributed by atoms with E-state index in [1.807, 2.05) is 0 Å². The smallest absolute Gasteiger partial charge is 0.208 e. The summed E-state index contributed by atoms with van der Waals surface area (Å²) in [4.78, 5) is 9.70. The van der Waals surface area contributed by atoms with Gasteiger partial charge in [0.15, 0.2) is 0 Å². The normalized spacial score (nSPS) is 10.1. The monoisotopic (exact) mass is 279 g/mol. The van der Waals surface area contributed by atoms with Gasteiger partial charge in [-0.1, -0.05) is 11.6 Å². The van der Waals surface area contributed by atoms with Crippen LogP contribution in [0.25, 0.3) is 0 Å². The summed E-state index contributed by atoms with van der Waals surface area (Å²) in [6.45, 7) is -0.222. The molecule has 0 atom stereocenters. The quantitative estimate of drug-likeness (QED) is 0.684. The Morgan fingerprint density at radius 2 is 2.21 bits per heavy atom. The minimum atomic E-state index is -0.436. The highest BCUT2D eigenvalue weighted by atomic mass is 79.9. The average molecular weight is 281 g/mol. The van der Waals surface area contributed by atoms with E-state index < -0.39 is 4.92 Å².